The molecular weight excluding hydrogens is 460 g/mol. The molecule has 28 heavy (non-hydrogen) atoms. The minimum Gasteiger partial charge on any atom is -0.338 e. The van der Waals surface area contributed by atoms with E-state index in [-0.39, 0.29) is 11.7 Å². The van der Waals surface area contributed by atoms with E-state index < -0.39 is 0 Å². The zero-order valence-corrected chi connectivity index (χ0v) is 17.9. The van der Waals surface area contributed by atoms with E-state index >= 15 is 0 Å². The maximum Gasteiger partial charge on any atom is 0.236 e. The second-order valence-electron chi connectivity index (χ2n) is 6.54. The Morgan fingerprint density at radius 1 is 1.25 bits per heavy atom. The maximum atomic E-state index is 12.3. The molecule has 3 heterocycles. The number of H-pyrrole nitrogens is 1. The highest BCUT2D eigenvalue weighted by atomic mass is 79.9. The van der Waals surface area contributed by atoms with Crippen LogP contribution in [0.2, 0.25) is 0 Å². The zero-order valence-electron chi connectivity index (χ0n) is 14.7. The highest BCUT2D eigenvalue weighted by Crippen LogP contribution is 2.30. The van der Waals surface area contributed by atoms with Crippen molar-refractivity contribution in [3.63, 3.8) is 0 Å². The second kappa shape index (κ2) is 7.41. The fourth-order valence-electron chi connectivity index (χ4n) is 3.28. The number of thioether (sulfide) groups is 1. The molecule has 1 aliphatic rings. The number of rotatable bonds is 4. The van der Waals surface area contributed by atoms with Crippen molar-refractivity contribution in [1.29, 1.82) is 0 Å². The molecule has 0 radical (unpaired) electrons. The van der Waals surface area contributed by atoms with Gasteiger partial charge in [0.1, 0.15) is 5.52 Å². The number of anilines is 1. The van der Waals surface area contributed by atoms with Gasteiger partial charge in [0, 0.05) is 20.3 Å². The van der Waals surface area contributed by atoms with Crippen LogP contribution in [0.4, 0.5) is 5.13 Å². The average molecular weight is 475 g/mol. The van der Waals surface area contributed by atoms with Crippen molar-refractivity contribution in [3.8, 4) is 0 Å². The van der Waals surface area contributed by atoms with Crippen molar-refractivity contribution in [2.75, 3.05) is 11.1 Å². The number of carbonyl (C=O) groups excluding carboxylic acids is 1. The van der Waals surface area contributed by atoms with Gasteiger partial charge in [-0.05, 0) is 43.9 Å². The summed E-state index contributed by atoms with van der Waals surface area (Å²) in [6.45, 7) is 0. The highest BCUT2D eigenvalue weighted by molar-refractivity contribution is 9.10. The number of nitrogens with one attached hydrogen (secondary N) is 2. The van der Waals surface area contributed by atoms with Gasteiger partial charge in [-0.25, -0.2) is 9.97 Å². The monoisotopic (exact) mass is 474 g/mol. The lowest BCUT2D eigenvalue weighted by molar-refractivity contribution is -0.113. The number of hydrogen-bond donors (Lipinski definition) is 2. The molecule has 10 heteroatoms. The zero-order chi connectivity index (χ0) is 19.1. The van der Waals surface area contributed by atoms with Gasteiger partial charge in [-0.3, -0.25) is 4.79 Å². The van der Waals surface area contributed by atoms with Crippen LogP contribution >= 0.6 is 39.0 Å². The van der Waals surface area contributed by atoms with Gasteiger partial charge in [-0.2, -0.15) is 0 Å². The molecule has 2 N–H and O–H groups in total. The van der Waals surface area contributed by atoms with Crippen LogP contribution in [0.1, 0.15) is 23.4 Å². The maximum absolute atomic E-state index is 12.3. The van der Waals surface area contributed by atoms with Gasteiger partial charge in [0.15, 0.2) is 10.8 Å². The lowest BCUT2D eigenvalue weighted by atomic mass is 10.0. The van der Waals surface area contributed by atoms with E-state index in [2.05, 4.69) is 46.4 Å². The number of halogens is 1. The molecule has 1 aromatic carbocycles. The molecule has 0 saturated heterocycles. The van der Waals surface area contributed by atoms with E-state index in [0.29, 0.717) is 15.9 Å². The minimum atomic E-state index is -0.111. The number of aryl methyl sites for hydroxylation is 2. The van der Waals surface area contributed by atoms with Gasteiger partial charge in [0.25, 0.3) is 0 Å². The molecule has 0 atom stereocenters. The predicted octanol–water partition coefficient (Wildman–Crippen LogP) is 4.33. The van der Waals surface area contributed by atoms with Gasteiger partial charge in [-0.1, -0.05) is 27.7 Å². The number of thiazole rings is 1. The Morgan fingerprint density at radius 2 is 2.14 bits per heavy atom. The molecule has 3 aromatic heterocycles. The number of fused-ring (bicyclic) bond motifs is 4. The first-order valence-electron chi connectivity index (χ1n) is 8.88. The first kappa shape index (κ1) is 18.0. The summed E-state index contributed by atoms with van der Waals surface area (Å²) in [7, 11) is 0. The lowest BCUT2D eigenvalue weighted by Crippen LogP contribution is -2.14. The molecule has 0 spiro atoms. The van der Waals surface area contributed by atoms with Gasteiger partial charge < -0.3 is 10.3 Å². The molecule has 5 rings (SSSR count). The summed E-state index contributed by atoms with van der Waals surface area (Å²) in [4.78, 5) is 25.9. The molecule has 0 fully saturated rings. The normalized spacial score (nSPS) is 13.8. The number of benzene rings is 1. The first-order valence-corrected chi connectivity index (χ1v) is 11.5. The number of aromatic amines is 1. The third kappa shape index (κ3) is 3.51. The van der Waals surface area contributed by atoms with Crippen LogP contribution in [0.15, 0.2) is 27.8 Å². The van der Waals surface area contributed by atoms with Crippen molar-refractivity contribution in [2.24, 2.45) is 0 Å². The van der Waals surface area contributed by atoms with Crippen LogP contribution in [-0.4, -0.2) is 36.8 Å². The van der Waals surface area contributed by atoms with Gasteiger partial charge in [0.05, 0.1) is 11.4 Å². The molecule has 0 bridgehead atoms. The summed E-state index contributed by atoms with van der Waals surface area (Å²) >= 11 is 6.32. The summed E-state index contributed by atoms with van der Waals surface area (Å²) in [5, 5.41) is 13.5. The smallest absolute Gasteiger partial charge is 0.236 e. The Morgan fingerprint density at radius 3 is 3.04 bits per heavy atom. The van der Waals surface area contributed by atoms with Crippen LogP contribution in [0.5, 0.6) is 0 Å². The Hall–Kier alpha value is -2.04. The Kier molecular flexibility index (Phi) is 4.77. The summed E-state index contributed by atoms with van der Waals surface area (Å²) in [6.07, 6.45) is 4.46. The quantitative estimate of drug-likeness (QED) is 0.427. The average Bonchev–Trinajstić information content (AvgIpc) is 3.26. The summed E-state index contributed by atoms with van der Waals surface area (Å²) in [5.74, 6) is 0.101. The van der Waals surface area contributed by atoms with Crippen LogP contribution in [0.3, 0.4) is 0 Å². The fraction of sp³-hybridized carbons (Fsp3) is 0.278. The molecule has 1 amide bonds. The molecule has 7 nitrogen and oxygen atoms in total. The van der Waals surface area contributed by atoms with E-state index in [1.54, 1.807) is 11.3 Å². The number of aromatic nitrogens is 5. The number of hydrogen-bond acceptors (Lipinski definition) is 7. The Balaban J connectivity index is 1.28. The largest absolute Gasteiger partial charge is 0.338 e. The molecule has 0 unspecified atom stereocenters. The summed E-state index contributed by atoms with van der Waals surface area (Å²) in [6, 6.07) is 5.91. The van der Waals surface area contributed by atoms with Crippen molar-refractivity contribution in [1.82, 2.24) is 25.1 Å². The van der Waals surface area contributed by atoms with Crippen LogP contribution < -0.4 is 5.32 Å². The van der Waals surface area contributed by atoms with Crippen LogP contribution in [0.25, 0.3) is 22.1 Å². The summed E-state index contributed by atoms with van der Waals surface area (Å²) < 4.78 is 0.974. The van der Waals surface area contributed by atoms with Gasteiger partial charge in [0.2, 0.25) is 11.1 Å². The molecule has 4 aromatic rings. The SMILES string of the molecule is O=C(CSc1nnc2c(n1)[nH]c1ccc(Br)cc12)Nc1nc2c(s1)CCCC2. The molecular formula is C18H15BrN6OS2. The van der Waals surface area contributed by atoms with Crippen molar-refractivity contribution in [3.05, 3.63) is 33.2 Å². The topological polar surface area (TPSA) is 96.5 Å². The fourth-order valence-corrected chi connectivity index (χ4v) is 5.29. The van der Waals surface area contributed by atoms with E-state index in [1.165, 1.54) is 29.5 Å². The van der Waals surface area contributed by atoms with Crippen molar-refractivity contribution in [2.45, 2.75) is 30.8 Å². The van der Waals surface area contributed by atoms with Gasteiger partial charge in [-0.15, -0.1) is 21.5 Å². The van der Waals surface area contributed by atoms with E-state index in [0.717, 1.165) is 39.4 Å². The van der Waals surface area contributed by atoms with Gasteiger partial charge >= 0.3 is 0 Å². The molecule has 1 aliphatic carbocycles. The molecule has 142 valence electrons. The lowest BCUT2D eigenvalue weighted by Gasteiger charge is -2.06. The number of carbonyl (C=O) groups is 1. The van der Waals surface area contributed by atoms with Crippen LogP contribution in [-0.2, 0) is 17.6 Å². The highest BCUT2D eigenvalue weighted by Gasteiger charge is 2.17. The van der Waals surface area contributed by atoms with Crippen LogP contribution in [0, 0.1) is 0 Å². The number of nitrogens with zero attached hydrogens (tertiary/aromatic N) is 4. The van der Waals surface area contributed by atoms with E-state index in [1.807, 2.05) is 18.2 Å². The first-order chi connectivity index (χ1) is 13.7. The Bertz CT molecular complexity index is 1180. The second-order valence-corrected chi connectivity index (χ2v) is 9.48. The molecule has 0 saturated carbocycles. The summed E-state index contributed by atoms with van der Waals surface area (Å²) in [5.41, 5.74) is 3.48. The predicted molar refractivity (Wildman–Crippen MR) is 115 cm³/mol. The minimum absolute atomic E-state index is 0.111. The van der Waals surface area contributed by atoms with E-state index in [9.17, 15) is 4.79 Å². The van der Waals surface area contributed by atoms with Crippen molar-refractivity contribution < 1.29 is 4.79 Å². The van der Waals surface area contributed by atoms with Crippen molar-refractivity contribution >= 4 is 72.1 Å². The third-order valence-electron chi connectivity index (χ3n) is 4.58. The third-order valence-corrected chi connectivity index (χ3v) is 6.99. The number of amides is 1. The molecule has 0 aliphatic heterocycles. The Labute approximate surface area is 176 Å². The standard InChI is InChI=1S/C18H15BrN6OS2/c19-9-5-6-11-10(7-9)15-16(20-11)23-18(25-24-15)27-8-14(26)22-17-21-12-3-1-2-4-13(12)28-17/h5-7H,1-4,8H2,(H,20,23,25)(H,21,22,26). The van der Waals surface area contributed by atoms with E-state index in [4.69, 9.17) is 0 Å².